The number of Topliss-reactive ketones (excluding diaryl/α,β-unsaturated/α-hetero) is 1. The van der Waals surface area contributed by atoms with Crippen LogP contribution in [0, 0.1) is 0 Å². The molecule has 0 saturated carbocycles. The van der Waals surface area contributed by atoms with Crippen LogP contribution in [0.4, 0.5) is 11.6 Å². The van der Waals surface area contributed by atoms with Crippen molar-refractivity contribution in [1.82, 2.24) is 35.5 Å². The number of nitrogens with two attached hydrogens (primary N) is 1. The summed E-state index contributed by atoms with van der Waals surface area (Å²) in [6.45, 7) is 0.0849. The minimum absolute atomic E-state index is 0.0309. The molecule has 1 aromatic carbocycles. The number of nitrogens with one attached hydrogen (secondary N) is 4. The summed E-state index contributed by atoms with van der Waals surface area (Å²) in [5.41, 5.74) is 3.48. The number of amides is 2. The minimum atomic E-state index is -2.27. The maximum atomic E-state index is 14.2. The number of fused-ring (bicyclic) bond motifs is 1. The molecule has 0 aliphatic heterocycles. The van der Waals surface area contributed by atoms with E-state index in [2.05, 4.69) is 35.9 Å². The molecule has 0 aliphatic rings. The number of aromatic nitrogens is 4. The molecule has 278 valence electrons. The Morgan fingerprint density at radius 2 is 1.46 bits per heavy atom. The molecule has 52 heavy (non-hydrogen) atoms. The van der Waals surface area contributed by atoms with Gasteiger partial charge < -0.3 is 42.1 Å². The van der Waals surface area contributed by atoms with Crippen LogP contribution in [0.5, 0.6) is 0 Å². The molecule has 3 aromatic rings. The lowest BCUT2D eigenvalue weighted by molar-refractivity contribution is -0.144. The quantitative estimate of drug-likeness (QED) is 0.0499. The van der Waals surface area contributed by atoms with Gasteiger partial charge in [0.05, 0.1) is 18.4 Å². The predicted molar refractivity (Wildman–Crippen MR) is 179 cm³/mol. The van der Waals surface area contributed by atoms with Crippen LogP contribution in [-0.2, 0) is 35.3 Å². The van der Waals surface area contributed by atoms with Gasteiger partial charge in [-0.1, -0.05) is 0 Å². The van der Waals surface area contributed by atoms with Crippen molar-refractivity contribution >= 4 is 64.3 Å². The van der Waals surface area contributed by atoms with Crippen LogP contribution in [0.2, 0.25) is 0 Å². The van der Waals surface area contributed by atoms with E-state index in [0.717, 1.165) is 4.90 Å². The van der Waals surface area contributed by atoms with Crippen molar-refractivity contribution in [2.45, 2.75) is 62.7 Å². The van der Waals surface area contributed by atoms with Crippen LogP contribution in [-0.4, -0.2) is 118 Å². The van der Waals surface area contributed by atoms with Gasteiger partial charge in [0.25, 0.3) is 5.56 Å². The summed E-state index contributed by atoms with van der Waals surface area (Å²) in [5.74, 6) is -8.98. The van der Waals surface area contributed by atoms with Crippen molar-refractivity contribution in [1.29, 1.82) is 0 Å². The summed E-state index contributed by atoms with van der Waals surface area (Å²) in [6.07, 6.45) is -2.28. The van der Waals surface area contributed by atoms with E-state index in [-0.39, 0.29) is 29.2 Å². The third-order valence-corrected chi connectivity index (χ3v) is 7.85. The SMILES string of the molecule is CN(C)[C@@](CCC(=O)O)(C(=O)N[C@@H](CCC(=O)O)C(=O)N[C@@H](CCC(=O)O)C(=O)O)C(=O)c1ccc(NCc2cnc3nc(N)[nH]c(=O)c3n2)cc1. The molecule has 10 N–H and O–H groups in total. The topological polar surface area (TPSA) is 337 Å². The lowest BCUT2D eigenvalue weighted by Gasteiger charge is -2.38. The number of anilines is 2. The summed E-state index contributed by atoms with van der Waals surface area (Å²) < 4.78 is 0. The summed E-state index contributed by atoms with van der Waals surface area (Å²) in [4.78, 5) is 115. The number of nitrogen functional groups attached to an aromatic ring is 1. The molecular formula is C31H37N9O12. The van der Waals surface area contributed by atoms with Gasteiger partial charge in [-0.05, 0) is 57.6 Å². The molecule has 2 heterocycles. The van der Waals surface area contributed by atoms with Gasteiger partial charge >= 0.3 is 23.9 Å². The number of aliphatic carboxylic acids is 4. The van der Waals surface area contributed by atoms with Crippen molar-refractivity contribution in [3.63, 3.8) is 0 Å². The third-order valence-electron chi connectivity index (χ3n) is 7.85. The van der Waals surface area contributed by atoms with E-state index in [9.17, 15) is 53.7 Å². The van der Waals surface area contributed by atoms with Crippen LogP contribution < -0.4 is 27.2 Å². The number of carbonyl (C=O) groups is 7. The summed E-state index contributed by atoms with van der Waals surface area (Å²) in [7, 11) is 2.65. The molecule has 2 aromatic heterocycles. The lowest BCUT2D eigenvalue weighted by Crippen LogP contribution is -2.64. The highest BCUT2D eigenvalue weighted by Crippen LogP contribution is 2.27. The highest BCUT2D eigenvalue weighted by atomic mass is 16.4. The molecule has 0 radical (unpaired) electrons. The maximum Gasteiger partial charge on any atom is 0.326 e. The van der Waals surface area contributed by atoms with Gasteiger partial charge in [-0.3, -0.25) is 43.4 Å². The number of hydrogen-bond donors (Lipinski definition) is 9. The summed E-state index contributed by atoms with van der Waals surface area (Å²) in [5, 5.41) is 44.6. The van der Waals surface area contributed by atoms with Crippen LogP contribution in [0.1, 0.15) is 54.6 Å². The Kier molecular flexibility index (Phi) is 13.4. The number of nitrogens with zero attached hydrogens (tertiary/aromatic N) is 4. The van der Waals surface area contributed by atoms with E-state index in [1.165, 1.54) is 44.6 Å². The van der Waals surface area contributed by atoms with E-state index in [1.54, 1.807) is 0 Å². The number of rotatable bonds is 20. The van der Waals surface area contributed by atoms with Crippen molar-refractivity contribution in [2.24, 2.45) is 0 Å². The van der Waals surface area contributed by atoms with Crippen molar-refractivity contribution in [2.75, 3.05) is 25.1 Å². The van der Waals surface area contributed by atoms with E-state index < -0.39 is 103 Å². The number of H-pyrrole nitrogens is 1. The van der Waals surface area contributed by atoms with Gasteiger partial charge in [0.2, 0.25) is 17.8 Å². The van der Waals surface area contributed by atoms with Gasteiger partial charge in [0.1, 0.15) is 12.1 Å². The summed E-state index contributed by atoms with van der Waals surface area (Å²) >= 11 is 0. The number of ketones is 1. The van der Waals surface area contributed by atoms with Crippen molar-refractivity contribution in [3.05, 3.63) is 52.1 Å². The number of benzene rings is 1. The first-order valence-corrected chi connectivity index (χ1v) is 15.5. The Balaban J connectivity index is 1.89. The normalized spacial score (nSPS) is 13.4. The fourth-order valence-corrected chi connectivity index (χ4v) is 5.09. The smallest absolute Gasteiger partial charge is 0.326 e. The highest BCUT2D eigenvalue weighted by Gasteiger charge is 2.49. The molecule has 0 fully saturated rings. The third kappa shape index (κ3) is 10.3. The molecule has 0 saturated heterocycles. The zero-order valence-corrected chi connectivity index (χ0v) is 27.9. The first-order chi connectivity index (χ1) is 24.4. The molecule has 0 bridgehead atoms. The second-order valence-corrected chi connectivity index (χ2v) is 11.7. The number of carbonyl (C=O) groups excluding carboxylic acids is 3. The second kappa shape index (κ2) is 17.4. The van der Waals surface area contributed by atoms with Gasteiger partial charge in [0, 0.05) is 30.5 Å². The minimum Gasteiger partial charge on any atom is -0.481 e. The Hall–Kier alpha value is -6.51. The first-order valence-electron chi connectivity index (χ1n) is 15.5. The average Bonchev–Trinajstić information content (AvgIpc) is 3.07. The van der Waals surface area contributed by atoms with Crippen molar-refractivity contribution in [3.8, 4) is 0 Å². The van der Waals surface area contributed by atoms with Crippen LogP contribution in [0.3, 0.4) is 0 Å². The molecule has 2 amide bonds. The number of carboxylic acids is 4. The van der Waals surface area contributed by atoms with Crippen molar-refractivity contribution < 1.29 is 54.0 Å². The molecular weight excluding hydrogens is 690 g/mol. The molecule has 21 nitrogen and oxygen atoms in total. The first kappa shape index (κ1) is 39.9. The largest absolute Gasteiger partial charge is 0.481 e. The molecule has 0 unspecified atom stereocenters. The Labute approximate surface area is 293 Å². The van der Waals surface area contributed by atoms with Gasteiger partial charge in [-0.2, -0.15) is 4.98 Å². The fraction of sp³-hybridized carbons (Fsp3) is 0.387. The molecule has 3 rings (SSSR count). The maximum absolute atomic E-state index is 14.2. The molecule has 3 atom stereocenters. The monoisotopic (exact) mass is 727 g/mol. The fourth-order valence-electron chi connectivity index (χ4n) is 5.09. The van der Waals surface area contributed by atoms with E-state index in [4.69, 9.17) is 10.8 Å². The van der Waals surface area contributed by atoms with Crippen LogP contribution in [0.25, 0.3) is 11.2 Å². The zero-order valence-electron chi connectivity index (χ0n) is 27.9. The van der Waals surface area contributed by atoms with Gasteiger partial charge in [0.15, 0.2) is 22.5 Å². The number of hydrogen-bond acceptors (Lipinski definition) is 14. The van der Waals surface area contributed by atoms with E-state index >= 15 is 0 Å². The zero-order chi connectivity index (χ0) is 38.7. The molecule has 0 spiro atoms. The Morgan fingerprint density at radius 1 is 0.865 bits per heavy atom. The predicted octanol–water partition coefficient (Wildman–Crippen LogP) is -0.961. The summed E-state index contributed by atoms with van der Waals surface area (Å²) in [6, 6.07) is 2.25. The lowest BCUT2D eigenvalue weighted by atomic mass is 9.82. The number of carboxylic acid groups (broad SMARTS) is 4. The molecule has 0 aliphatic carbocycles. The number of aromatic amines is 1. The van der Waals surface area contributed by atoms with E-state index in [1.807, 2.05) is 0 Å². The standard InChI is InChI=1S/C31H37N9O12/c1-40(2)31(12-11-22(45)46,29(52)37-18(7-9-20(41)42)26(48)36-19(28(50)51)8-10-21(43)44)24(47)15-3-5-16(6-4-15)33-13-17-14-34-25-23(35-17)27(49)39-30(32)38-25/h3-6,14,18-19,33H,7-13H2,1-2H3,(H,36,48)(H,37,52)(H,41,42)(H,43,44)(H,45,46)(H,50,51)(H3,32,34,38,39,49)/t18-,19-,31+/m0/s1. The molecule has 21 heteroatoms. The van der Waals surface area contributed by atoms with Crippen LogP contribution in [0.15, 0.2) is 35.3 Å². The number of likely N-dealkylation sites (N-methyl/N-ethyl adjacent to an activating group) is 1. The second-order valence-electron chi connectivity index (χ2n) is 11.7. The van der Waals surface area contributed by atoms with Gasteiger partial charge in [-0.25, -0.2) is 14.8 Å². The highest BCUT2D eigenvalue weighted by molar-refractivity contribution is 6.18. The van der Waals surface area contributed by atoms with Crippen LogP contribution >= 0.6 is 0 Å². The van der Waals surface area contributed by atoms with E-state index in [0.29, 0.717) is 11.4 Å². The Morgan fingerprint density at radius 3 is 2.02 bits per heavy atom. The average molecular weight is 728 g/mol. The van der Waals surface area contributed by atoms with Gasteiger partial charge in [-0.15, -0.1) is 0 Å². The Bertz CT molecular complexity index is 1920.